The van der Waals surface area contributed by atoms with E-state index in [4.69, 9.17) is 0 Å². The Labute approximate surface area is 373 Å². The third kappa shape index (κ3) is 9.70. The average molecular weight is 833 g/mol. The van der Waals surface area contributed by atoms with E-state index >= 15 is 0 Å². The Kier molecular flexibility index (Phi) is 12.2. The van der Waals surface area contributed by atoms with Crippen molar-refractivity contribution in [3.05, 3.63) is 286 Å². The summed E-state index contributed by atoms with van der Waals surface area (Å²) in [6.07, 6.45) is 8.32. The van der Waals surface area contributed by atoms with Gasteiger partial charge < -0.3 is 0 Å². The van der Waals surface area contributed by atoms with Crippen molar-refractivity contribution in [3.8, 4) is 11.1 Å². The van der Waals surface area contributed by atoms with Crippen LogP contribution in [0.2, 0.25) is 0 Å². The highest BCUT2D eigenvalue weighted by Crippen LogP contribution is 2.38. The second kappa shape index (κ2) is 18.9. The summed E-state index contributed by atoms with van der Waals surface area (Å²) in [5, 5.41) is 1.82. The highest BCUT2D eigenvalue weighted by atomic mass is 19.4. The fraction of sp³-hybridized carbons (Fsp3) is 0.0164. The number of hydrogen-bond donors (Lipinski definition) is 0. The quantitative estimate of drug-likeness (QED) is 0.114. The zero-order valence-corrected chi connectivity index (χ0v) is 35.0. The van der Waals surface area contributed by atoms with E-state index in [1.54, 1.807) is 6.07 Å². The molecular formula is C61H43F3. The van der Waals surface area contributed by atoms with Crippen LogP contribution >= 0.6 is 0 Å². The van der Waals surface area contributed by atoms with Gasteiger partial charge in [0.2, 0.25) is 0 Å². The lowest BCUT2D eigenvalue weighted by molar-refractivity contribution is -0.137. The molecule has 0 aliphatic carbocycles. The SMILES string of the molecule is FC(F)(F)c1cccc(-c2cc(C=Cc3ccc(C=C(c4ccccc4)c4ccccc4)cc3)c(C=Cc3ccc(C=C(c4ccccc4)c4ccccc4)cc3)c3ccccc23)c1. The molecule has 0 atom stereocenters. The van der Waals surface area contributed by atoms with Gasteiger partial charge in [0.15, 0.2) is 0 Å². The van der Waals surface area contributed by atoms with Gasteiger partial charge in [-0.05, 0) is 119 Å². The van der Waals surface area contributed by atoms with E-state index in [0.29, 0.717) is 5.56 Å². The number of benzene rings is 9. The van der Waals surface area contributed by atoms with E-state index in [-0.39, 0.29) is 0 Å². The van der Waals surface area contributed by atoms with Crippen molar-refractivity contribution < 1.29 is 13.2 Å². The van der Waals surface area contributed by atoms with Crippen LogP contribution < -0.4 is 0 Å². The maximum atomic E-state index is 14.0. The summed E-state index contributed by atoms with van der Waals surface area (Å²) in [6, 6.07) is 74.0. The molecule has 9 aromatic carbocycles. The summed E-state index contributed by atoms with van der Waals surface area (Å²) >= 11 is 0. The van der Waals surface area contributed by atoms with Crippen LogP contribution in [0.3, 0.4) is 0 Å². The highest BCUT2D eigenvalue weighted by Gasteiger charge is 2.30. The van der Waals surface area contributed by atoms with Gasteiger partial charge in [-0.1, -0.05) is 231 Å². The predicted octanol–water partition coefficient (Wildman–Crippen LogP) is 17.0. The molecule has 0 nitrogen and oxygen atoms in total. The molecule has 9 rings (SSSR count). The Morgan fingerprint density at radius 1 is 0.344 bits per heavy atom. The molecule has 0 aromatic heterocycles. The van der Waals surface area contributed by atoms with Gasteiger partial charge >= 0.3 is 6.18 Å². The molecule has 64 heavy (non-hydrogen) atoms. The molecule has 0 aliphatic heterocycles. The summed E-state index contributed by atoms with van der Waals surface area (Å²) in [7, 11) is 0. The first-order valence-electron chi connectivity index (χ1n) is 21.3. The van der Waals surface area contributed by atoms with E-state index in [1.165, 1.54) is 12.1 Å². The fourth-order valence-electron chi connectivity index (χ4n) is 8.09. The van der Waals surface area contributed by atoms with Crippen molar-refractivity contribution in [1.82, 2.24) is 0 Å². The lowest BCUT2D eigenvalue weighted by atomic mass is 9.89. The van der Waals surface area contributed by atoms with E-state index in [2.05, 4.69) is 182 Å². The molecule has 0 spiro atoms. The van der Waals surface area contributed by atoms with E-state index in [9.17, 15) is 13.2 Å². The number of halogens is 3. The van der Waals surface area contributed by atoms with Crippen LogP contribution in [0.15, 0.2) is 224 Å². The minimum Gasteiger partial charge on any atom is -0.166 e. The number of hydrogen-bond acceptors (Lipinski definition) is 0. The fourth-order valence-corrected chi connectivity index (χ4v) is 8.09. The molecule has 0 radical (unpaired) electrons. The van der Waals surface area contributed by atoms with Crippen LogP contribution in [0.1, 0.15) is 61.2 Å². The summed E-state index contributed by atoms with van der Waals surface area (Å²) in [4.78, 5) is 0. The summed E-state index contributed by atoms with van der Waals surface area (Å²) in [5.74, 6) is 0. The zero-order valence-electron chi connectivity index (χ0n) is 35.0. The van der Waals surface area contributed by atoms with Gasteiger partial charge in [-0.25, -0.2) is 0 Å². The number of rotatable bonds is 11. The Hall–Kier alpha value is -8.01. The topological polar surface area (TPSA) is 0 Å². The van der Waals surface area contributed by atoms with Gasteiger partial charge in [0, 0.05) is 0 Å². The van der Waals surface area contributed by atoms with Gasteiger partial charge in [-0.3, -0.25) is 0 Å². The molecule has 308 valence electrons. The van der Waals surface area contributed by atoms with Gasteiger partial charge in [0.1, 0.15) is 0 Å². The van der Waals surface area contributed by atoms with Crippen molar-refractivity contribution in [3.63, 3.8) is 0 Å². The molecule has 9 aromatic rings. The molecule has 0 saturated carbocycles. The first kappa shape index (κ1) is 41.3. The molecular weight excluding hydrogens is 790 g/mol. The molecule has 0 saturated heterocycles. The first-order chi connectivity index (χ1) is 31.4. The molecule has 0 heterocycles. The van der Waals surface area contributed by atoms with Crippen molar-refractivity contribution >= 4 is 58.4 Å². The molecule has 0 amide bonds. The largest absolute Gasteiger partial charge is 0.416 e. The van der Waals surface area contributed by atoms with Crippen LogP contribution in [-0.4, -0.2) is 0 Å². The second-order valence-corrected chi connectivity index (χ2v) is 15.6. The maximum absolute atomic E-state index is 14.0. The van der Waals surface area contributed by atoms with Crippen molar-refractivity contribution in [2.75, 3.05) is 0 Å². The van der Waals surface area contributed by atoms with Crippen LogP contribution in [0, 0.1) is 0 Å². The van der Waals surface area contributed by atoms with Crippen molar-refractivity contribution in [2.24, 2.45) is 0 Å². The normalized spacial score (nSPS) is 11.5. The molecule has 0 fully saturated rings. The van der Waals surface area contributed by atoms with Crippen LogP contribution in [0.4, 0.5) is 13.2 Å². The summed E-state index contributed by atoms with van der Waals surface area (Å²) in [5.41, 5.74) is 13.4. The predicted molar refractivity (Wildman–Crippen MR) is 265 cm³/mol. The zero-order chi connectivity index (χ0) is 43.7. The minimum atomic E-state index is -4.46. The first-order valence-corrected chi connectivity index (χ1v) is 21.3. The van der Waals surface area contributed by atoms with Crippen molar-refractivity contribution in [1.29, 1.82) is 0 Å². The molecule has 3 heteroatoms. The standard InChI is InChI=1S/C61H43F3/c62-61(63,64)54-25-15-24-52(42-54)60-43-53(38-36-44-28-32-46(33-29-44)40-58(48-16-5-1-6-17-48)49-18-7-2-8-19-49)55(56-26-13-14-27-57(56)60)39-37-45-30-34-47(35-31-45)41-59(50-20-9-3-10-21-50)51-22-11-4-12-23-51/h1-43H. The Bertz CT molecular complexity index is 3040. The van der Waals surface area contributed by atoms with Gasteiger partial charge in [-0.2, -0.15) is 13.2 Å². The summed E-state index contributed by atoms with van der Waals surface area (Å²) in [6.45, 7) is 0. The lowest BCUT2D eigenvalue weighted by Crippen LogP contribution is -2.04. The van der Waals surface area contributed by atoms with Gasteiger partial charge in [0.25, 0.3) is 0 Å². The van der Waals surface area contributed by atoms with Gasteiger partial charge in [0.05, 0.1) is 5.56 Å². The minimum absolute atomic E-state index is 0.508. The second-order valence-electron chi connectivity index (χ2n) is 15.6. The third-order valence-electron chi connectivity index (χ3n) is 11.4. The highest BCUT2D eigenvalue weighted by molar-refractivity contribution is 6.05. The maximum Gasteiger partial charge on any atom is 0.416 e. The Morgan fingerprint density at radius 2 is 0.750 bits per heavy atom. The monoisotopic (exact) mass is 832 g/mol. The Balaban J connectivity index is 1.09. The molecule has 0 unspecified atom stereocenters. The number of fused-ring (bicyclic) bond motifs is 1. The van der Waals surface area contributed by atoms with E-state index in [1.807, 2.05) is 54.6 Å². The average Bonchev–Trinajstić information content (AvgIpc) is 3.35. The van der Waals surface area contributed by atoms with Gasteiger partial charge in [-0.15, -0.1) is 0 Å². The molecule has 0 bridgehead atoms. The molecule has 0 N–H and O–H groups in total. The van der Waals surface area contributed by atoms with Crippen LogP contribution in [0.25, 0.3) is 69.5 Å². The number of alkyl halides is 3. The van der Waals surface area contributed by atoms with E-state index < -0.39 is 11.7 Å². The molecule has 0 aliphatic rings. The third-order valence-corrected chi connectivity index (χ3v) is 11.4. The van der Waals surface area contributed by atoms with Crippen LogP contribution in [-0.2, 0) is 6.18 Å². The smallest absolute Gasteiger partial charge is 0.166 e. The van der Waals surface area contributed by atoms with Crippen molar-refractivity contribution in [2.45, 2.75) is 6.18 Å². The lowest BCUT2D eigenvalue weighted by Gasteiger charge is -2.15. The Morgan fingerprint density at radius 3 is 1.20 bits per heavy atom. The van der Waals surface area contributed by atoms with Crippen LogP contribution in [0.5, 0.6) is 0 Å². The van der Waals surface area contributed by atoms with E-state index in [0.717, 1.165) is 89.2 Å². The summed E-state index contributed by atoms with van der Waals surface area (Å²) < 4.78 is 42.0.